The highest BCUT2D eigenvalue weighted by molar-refractivity contribution is 14.1. The van der Waals surface area contributed by atoms with Crippen LogP contribution in [0, 0.1) is 0 Å². The van der Waals surface area contributed by atoms with Crippen molar-refractivity contribution in [2.45, 2.75) is 69.8 Å². The van der Waals surface area contributed by atoms with Crippen LogP contribution in [0.5, 0.6) is 0 Å². The molecule has 202 valence electrons. The van der Waals surface area contributed by atoms with E-state index in [4.69, 9.17) is 47.2 Å². The molecule has 3 rings (SSSR count). The summed E-state index contributed by atoms with van der Waals surface area (Å²) >= 11 is 7.56. The number of halogens is 1. The molecule has 2 saturated heterocycles. The van der Waals surface area contributed by atoms with Crippen molar-refractivity contribution in [1.29, 1.82) is 0 Å². The largest absolute Gasteiger partial charge is 0.380 e. The Hall–Kier alpha value is 0.115. The minimum atomic E-state index is -3.56. The van der Waals surface area contributed by atoms with E-state index in [1.165, 1.54) is 17.4 Å². The molecular weight excluding hydrogens is 644 g/mol. The highest BCUT2D eigenvalue weighted by Crippen LogP contribution is 2.51. The van der Waals surface area contributed by atoms with Crippen molar-refractivity contribution in [2.75, 3.05) is 31.0 Å². The zero-order valence-corrected chi connectivity index (χ0v) is 25.4. The molecule has 2 fully saturated rings. The summed E-state index contributed by atoms with van der Waals surface area (Å²) in [6, 6.07) is -0.562. The first-order valence-electron chi connectivity index (χ1n) is 11.7. The average molecular weight is 676 g/mol. The highest BCUT2D eigenvalue weighted by atomic mass is 127. The lowest BCUT2D eigenvalue weighted by Crippen LogP contribution is -2.34. The first-order chi connectivity index (χ1) is 16.9. The standard InChI is InChI=1S/C20H32BIN2O9P2S/c1-5-12-10-24(20(26)23-19(12)25)18-8-14(15(9-22)31-18)32-34(3,27)29-11-16-13(7-17(21)30-16)33-35(4,36)28-6-2/h10,13-18H,5-9,11H2,1-4H3,(H,23,25,26). The second kappa shape index (κ2) is 13.0. The van der Waals surface area contributed by atoms with E-state index in [-0.39, 0.29) is 13.0 Å². The highest BCUT2D eigenvalue weighted by Gasteiger charge is 2.42. The summed E-state index contributed by atoms with van der Waals surface area (Å²) in [4.78, 5) is 26.6. The van der Waals surface area contributed by atoms with Crippen molar-refractivity contribution in [3.8, 4) is 0 Å². The summed E-state index contributed by atoms with van der Waals surface area (Å²) < 4.78 is 49.9. The Morgan fingerprint density at radius 1 is 1.17 bits per heavy atom. The number of nitrogens with zero attached hydrogens (tertiary/aromatic N) is 1. The minimum absolute atomic E-state index is 0.0707. The Morgan fingerprint density at radius 2 is 1.86 bits per heavy atom. The van der Waals surface area contributed by atoms with Gasteiger partial charge < -0.3 is 27.6 Å². The maximum Gasteiger partial charge on any atom is 0.330 e. The molecule has 2 radical (unpaired) electrons. The monoisotopic (exact) mass is 676 g/mol. The molecule has 36 heavy (non-hydrogen) atoms. The van der Waals surface area contributed by atoms with Gasteiger partial charge in [-0.15, -0.1) is 0 Å². The third kappa shape index (κ3) is 8.06. The average Bonchev–Trinajstić information content (AvgIpc) is 3.33. The Labute approximate surface area is 230 Å². The van der Waals surface area contributed by atoms with Gasteiger partial charge in [-0.3, -0.25) is 18.9 Å². The van der Waals surface area contributed by atoms with Crippen molar-refractivity contribution in [1.82, 2.24) is 9.55 Å². The lowest BCUT2D eigenvalue weighted by Gasteiger charge is -2.26. The molecule has 2 aliphatic heterocycles. The summed E-state index contributed by atoms with van der Waals surface area (Å²) in [6.45, 7) is 4.65. The number of aryl methyl sites for hydroxylation is 1. The van der Waals surface area contributed by atoms with Gasteiger partial charge in [-0.25, -0.2) is 4.79 Å². The molecule has 1 aromatic heterocycles. The predicted octanol–water partition coefficient (Wildman–Crippen LogP) is 2.69. The zero-order valence-electron chi connectivity index (χ0n) is 20.7. The number of H-pyrrole nitrogens is 1. The van der Waals surface area contributed by atoms with E-state index in [1.807, 2.05) is 13.8 Å². The van der Waals surface area contributed by atoms with Crippen LogP contribution in [-0.2, 0) is 50.4 Å². The molecule has 0 saturated carbocycles. The first kappa shape index (κ1) is 30.7. The van der Waals surface area contributed by atoms with Crippen LogP contribution >= 0.6 is 36.7 Å². The fourth-order valence-electron chi connectivity index (χ4n) is 4.12. The number of aromatic nitrogens is 2. The van der Waals surface area contributed by atoms with Gasteiger partial charge in [0, 0.05) is 41.9 Å². The predicted molar refractivity (Wildman–Crippen MR) is 148 cm³/mol. The number of nitrogens with one attached hydrogen (secondary N) is 1. The molecule has 3 heterocycles. The minimum Gasteiger partial charge on any atom is -0.380 e. The summed E-state index contributed by atoms with van der Waals surface area (Å²) in [5.41, 5.74) is -0.528. The van der Waals surface area contributed by atoms with Crippen LogP contribution < -0.4 is 11.2 Å². The van der Waals surface area contributed by atoms with E-state index in [0.29, 0.717) is 29.4 Å². The Balaban J connectivity index is 1.64. The van der Waals surface area contributed by atoms with E-state index in [9.17, 15) is 14.2 Å². The molecule has 0 bridgehead atoms. The zero-order chi connectivity index (χ0) is 26.7. The topological polar surface area (TPSA) is 127 Å². The fourth-order valence-corrected chi connectivity index (χ4v) is 7.97. The van der Waals surface area contributed by atoms with Crippen LogP contribution in [0.1, 0.15) is 38.5 Å². The van der Waals surface area contributed by atoms with Crippen LogP contribution in [-0.4, -0.2) is 78.8 Å². The lowest BCUT2D eigenvalue weighted by molar-refractivity contribution is -0.0109. The number of rotatable bonds is 12. The molecule has 0 spiro atoms. The first-order valence-corrected chi connectivity index (χ1v) is 18.3. The van der Waals surface area contributed by atoms with Gasteiger partial charge in [-0.05, 0) is 31.6 Å². The Kier molecular flexibility index (Phi) is 11.1. The smallest absolute Gasteiger partial charge is 0.330 e. The van der Waals surface area contributed by atoms with Crippen molar-refractivity contribution in [2.24, 2.45) is 0 Å². The van der Waals surface area contributed by atoms with Gasteiger partial charge in [-0.1, -0.05) is 29.5 Å². The number of ether oxygens (including phenoxy) is 2. The van der Waals surface area contributed by atoms with Crippen molar-refractivity contribution >= 4 is 56.3 Å². The molecule has 1 N–H and O–H groups in total. The Morgan fingerprint density at radius 3 is 2.50 bits per heavy atom. The molecule has 0 aliphatic carbocycles. The lowest BCUT2D eigenvalue weighted by atomic mass is 9.96. The van der Waals surface area contributed by atoms with E-state index in [2.05, 4.69) is 27.6 Å². The quantitative estimate of drug-likeness (QED) is 0.153. The molecule has 11 nitrogen and oxygen atoms in total. The van der Waals surface area contributed by atoms with Gasteiger partial charge in [0.25, 0.3) is 5.56 Å². The number of alkyl halides is 1. The van der Waals surface area contributed by atoms with Crippen molar-refractivity contribution in [3.05, 3.63) is 32.6 Å². The van der Waals surface area contributed by atoms with E-state index in [1.54, 1.807) is 6.66 Å². The van der Waals surface area contributed by atoms with Crippen LogP contribution in [0.4, 0.5) is 0 Å². The normalized spacial score (nSPS) is 31.8. The van der Waals surface area contributed by atoms with E-state index >= 15 is 0 Å². The van der Waals surface area contributed by atoms with Crippen LogP contribution in [0.15, 0.2) is 15.8 Å². The summed E-state index contributed by atoms with van der Waals surface area (Å²) in [7, 11) is 2.38. The molecule has 8 unspecified atom stereocenters. The molecule has 1 aromatic rings. The Bertz CT molecular complexity index is 1120. The second-order valence-electron chi connectivity index (χ2n) is 8.69. The molecular formula is C20H32BIN2O9P2S. The SMILES string of the molecule is [B]C1CC(OP(C)(=S)OCC)C(COP(C)(=O)OC2CC(n3cc(CC)c(=O)[nH]c3=O)OC2CI)O1. The second-order valence-corrected chi connectivity index (χ2v) is 15.6. The van der Waals surface area contributed by atoms with Crippen molar-refractivity contribution in [3.63, 3.8) is 0 Å². The van der Waals surface area contributed by atoms with Gasteiger partial charge in [0.1, 0.15) is 20.2 Å². The number of aromatic amines is 1. The summed E-state index contributed by atoms with van der Waals surface area (Å²) in [5, 5.41) is 0. The van der Waals surface area contributed by atoms with Crippen molar-refractivity contribution < 1.29 is 32.1 Å². The molecule has 0 amide bonds. The number of hydrogen-bond acceptors (Lipinski definition) is 10. The summed E-state index contributed by atoms with van der Waals surface area (Å²) in [5.74, 6) is 0. The van der Waals surface area contributed by atoms with E-state index < -0.39 is 62.0 Å². The van der Waals surface area contributed by atoms with Crippen LogP contribution in [0.25, 0.3) is 0 Å². The van der Waals surface area contributed by atoms with Crippen LogP contribution in [0.2, 0.25) is 0 Å². The van der Waals surface area contributed by atoms with Gasteiger partial charge in [-0.2, -0.15) is 0 Å². The van der Waals surface area contributed by atoms with Gasteiger partial charge in [0.2, 0.25) is 0 Å². The maximum atomic E-state index is 13.2. The third-order valence-corrected chi connectivity index (χ3v) is 9.88. The molecule has 16 heteroatoms. The third-order valence-electron chi connectivity index (χ3n) is 5.78. The molecule has 2 aliphatic rings. The molecule has 8 atom stereocenters. The van der Waals surface area contributed by atoms with Gasteiger partial charge in [0.15, 0.2) is 6.49 Å². The fraction of sp³-hybridized carbons (Fsp3) is 0.800. The van der Waals surface area contributed by atoms with Gasteiger partial charge >= 0.3 is 13.3 Å². The molecule has 0 aromatic carbocycles. The summed E-state index contributed by atoms with van der Waals surface area (Å²) in [6.07, 6.45) is -0.109. The van der Waals surface area contributed by atoms with Crippen LogP contribution in [0.3, 0.4) is 0 Å². The maximum absolute atomic E-state index is 13.2. The van der Waals surface area contributed by atoms with Gasteiger partial charge in [0.05, 0.1) is 31.5 Å². The number of hydrogen-bond donors (Lipinski definition) is 1. The van der Waals surface area contributed by atoms with E-state index in [0.717, 1.165) is 0 Å².